The Labute approximate surface area is 98.9 Å². The zero-order valence-corrected chi connectivity index (χ0v) is 11.6. The molecule has 16 heavy (non-hydrogen) atoms. The van der Waals surface area contributed by atoms with Crippen molar-refractivity contribution < 1.29 is 9.53 Å². The van der Waals surface area contributed by atoms with Crippen LogP contribution in [0.3, 0.4) is 0 Å². The molecule has 1 N–H and O–H groups in total. The van der Waals surface area contributed by atoms with Gasteiger partial charge in [-0.15, -0.1) is 0 Å². The fourth-order valence-corrected chi connectivity index (χ4v) is 2.34. The fourth-order valence-electron chi connectivity index (χ4n) is 2.34. The molecule has 1 saturated carbocycles. The molecule has 1 fully saturated rings. The van der Waals surface area contributed by atoms with Gasteiger partial charge >= 0.3 is 6.09 Å². The highest BCUT2D eigenvalue weighted by atomic mass is 16.6. The van der Waals surface area contributed by atoms with Gasteiger partial charge in [0.05, 0.1) is 0 Å². The van der Waals surface area contributed by atoms with Crippen molar-refractivity contribution in [3.8, 4) is 0 Å². The van der Waals surface area contributed by atoms with Crippen molar-refractivity contribution in [1.29, 1.82) is 0 Å². The Morgan fingerprint density at radius 2 is 1.62 bits per heavy atom. The molecule has 1 rings (SSSR count). The minimum Gasteiger partial charge on any atom is -0.444 e. The zero-order valence-electron chi connectivity index (χ0n) is 11.6. The van der Waals surface area contributed by atoms with Crippen LogP contribution in [-0.2, 0) is 4.74 Å². The first-order valence-electron chi connectivity index (χ1n) is 5.95. The van der Waals surface area contributed by atoms with E-state index in [0.717, 1.165) is 0 Å². The third kappa shape index (κ3) is 2.50. The predicted octanol–water partition coefficient (Wildman–Crippen LogP) is 3.19. The largest absolute Gasteiger partial charge is 0.444 e. The molecule has 0 aliphatic heterocycles. The summed E-state index contributed by atoms with van der Waals surface area (Å²) in [6, 6.07) is 0. The van der Waals surface area contributed by atoms with E-state index in [0.29, 0.717) is 23.3 Å². The van der Waals surface area contributed by atoms with Gasteiger partial charge in [0.15, 0.2) is 0 Å². The summed E-state index contributed by atoms with van der Waals surface area (Å²) >= 11 is 0. The molecule has 0 aromatic heterocycles. The molecule has 0 aromatic carbocycles. The van der Waals surface area contributed by atoms with Gasteiger partial charge in [0.2, 0.25) is 0 Å². The van der Waals surface area contributed by atoms with Crippen LogP contribution in [0.5, 0.6) is 0 Å². The zero-order chi connectivity index (χ0) is 12.8. The van der Waals surface area contributed by atoms with Crippen LogP contribution in [0.4, 0.5) is 4.79 Å². The third-order valence-electron chi connectivity index (χ3n) is 4.17. The lowest BCUT2D eigenvalue weighted by Gasteiger charge is -2.19. The molecule has 1 aliphatic rings. The SMILES string of the molecule is CC(C)(C)OC(=O)NCC1C(C)(C)C1(C)C. The second kappa shape index (κ2) is 3.64. The number of ether oxygens (including phenoxy) is 1. The summed E-state index contributed by atoms with van der Waals surface area (Å²) in [4.78, 5) is 11.5. The number of carbonyl (C=O) groups excluding carboxylic acids is 1. The molecule has 94 valence electrons. The molecule has 1 amide bonds. The first-order valence-corrected chi connectivity index (χ1v) is 5.95. The van der Waals surface area contributed by atoms with E-state index in [9.17, 15) is 4.79 Å². The summed E-state index contributed by atoms with van der Waals surface area (Å²) in [7, 11) is 0. The first-order chi connectivity index (χ1) is 6.98. The highest BCUT2D eigenvalue weighted by Gasteiger charge is 2.64. The maximum atomic E-state index is 11.5. The molecule has 0 spiro atoms. The lowest BCUT2D eigenvalue weighted by atomic mass is 10.0. The molecule has 3 nitrogen and oxygen atoms in total. The lowest BCUT2D eigenvalue weighted by Crippen LogP contribution is -2.34. The van der Waals surface area contributed by atoms with Crippen molar-refractivity contribution in [2.24, 2.45) is 16.7 Å². The molecule has 0 atom stereocenters. The van der Waals surface area contributed by atoms with Gasteiger partial charge < -0.3 is 10.1 Å². The molecule has 0 aromatic rings. The molecule has 0 bridgehead atoms. The minimum atomic E-state index is -0.418. The number of hydrogen-bond donors (Lipinski definition) is 1. The van der Waals surface area contributed by atoms with Crippen molar-refractivity contribution in [2.45, 2.75) is 54.1 Å². The fraction of sp³-hybridized carbons (Fsp3) is 0.923. The van der Waals surface area contributed by atoms with Crippen molar-refractivity contribution in [2.75, 3.05) is 6.54 Å². The highest BCUT2D eigenvalue weighted by molar-refractivity contribution is 5.67. The van der Waals surface area contributed by atoms with E-state index in [1.807, 2.05) is 20.8 Å². The van der Waals surface area contributed by atoms with Crippen LogP contribution in [-0.4, -0.2) is 18.2 Å². The average Bonchev–Trinajstić information content (AvgIpc) is 2.36. The summed E-state index contributed by atoms with van der Waals surface area (Å²) in [5.74, 6) is 0.535. The second-order valence-electron chi connectivity index (χ2n) is 6.88. The van der Waals surface area contributed by atoms with Crippen LogP contribution in [0.25, 0.3) is 0 Å². The number of carbonyl (C=O) groups is 1. The Balaban J connectivity index is 2.36. The van der Waals surface area contributed by atoms with E-state index in [1.54, 1.807) is 0 Å². The average molecular weight is 227 g/mol. The maximum absolute atomic E-state index is 11.5. The summed E-state index contributed by atoms with van der Waals surface area (Å²) in [5.41, 5.74) is 0.197. The maximum Gasteiger partial charge on any atom is 0.407 e. The van der Waals surface area contributed by atoms with E-state index < -0.39 is 5.60 Å². The molecular formula is C13H25NO2. The van der Waals surface area contributed by atoms with Crippen LogP contribution >= 0.6 is 0 Å². The topological polar surface area (TPSA) is 38.3 Å². The van der Waals surface area contributed by atoms with Gasteiger partial charge in [-0.2, -0.15) is 0 Å². The van der Waals surface area contributed by atoms with Gasteiger partial charge in [0, 0.05) is 6.54 Å². The molecule has 1 aliphatic carbocycles. The molecule has 0 saturated heterocycles. The van der Waals surface area contributed by atoms with Crippen LogP contribution < -0.4 is 5.32 Å². The van der Waals surface area contributed by atoms with Crippen molar-refractivity contribution in [1.82, 2.24) is 5.32 Å². The summed E-state index contributed by atoms with van der Waals surface area (Å²) < 4.78 is 5.20. The lowest BCUT2D eigenvalue weighted by molar-refractivity contribution is 0.0523. The van der Waals surface area contributed by atoms with E-state index in [-0.39, 0.29) is 6.09 Å². The van der Waals surface area contributed by atoms with Crippen molar-refractivity contribution in [3.05, 3.63) is 0 Å². The summed E-state index contributed by atoms with van der Waals surface area (Å²) in [6.07, 6.45) is -0.314. The van der Waals surface area contributed by atoms with Gasteiger partial charge in [-0.05, 0) is 37.5 Å². The Morgan fingerprint density at radius 3 is 1.94 bits per heavy atom. The van der Waals surface area contributed by atoms with E-state index >= 15 is 0 Å². The second-order valence-corrected chi connectivity index (χ2v) is 6.88. The molecule has 0 radical (unpaired) electrons. The number of alkyl carbamates (subject to hydrolysis) is 1. The smallest absolute Gasteiger partial charge is 0.407 e. The quantitative estimate of drug-likeness (QED) is 0.786. The Kier molecular flexibility index (Phi) is 3.03. The van der Waals surface area contributed by atoms with Gasteiger partial charge in [-0.25, -0.2) is 4.79 Å². The molecular weight excluding hydrogens is 202 g/mol. The van der Waals surface area contributed by atoms with Crippen molar-refractivity contribution >= 4 is 6.09 Å². The number of hydrogen-bond acceptors (Lipinski definition) is 2. The Bertz CT molecular complexity index is 273. The van der Waals surface area contributed by atoms with E-state index in [4.69, 9.17) is 4.74 Å². The molecule has 0 heterocycles. The number of nitrogens with one attached hydrogen (secondary N) is 1. The Hall–Kier alpha value is -0.730. The number of amides is 1. The van der Waals surface area contributed by atoms with E-state index in [1.165, 1.54) is 0 Å². The van der Waals surface area contributed by atoms with Crippen LogP contribution in [0.1, 0.15) is 48.5 Å². The monoisotopic (exact) mass is 227 g/mol. The van der Waals surface area contributed by atoms with Gasteiger partial charge in [0.1, 0.15) is 5.60 Å². The van der Waals surface area contributed by atoms with Crippen molar-refractivity contribution in [3.63, 3.8) is 0 Å². The molecule has 3 heteroatoms. The summed E-state index contributed by atoms with van der Waals surface area (Å²) in [5, 5.41) is 2.85. The van der Waals surface area contributed by atoms with Gasteiger partial charge in [-0.3, -0.25) is 0 Å². The van der Waals surface area contributed by atoms with E-state index in [2.05, 4.69) is 33.0 Å². The van der Waals surface area contributed by atoms with Crippen LogP contribution in [0.15, 0.2) is 0 Å². The highest BCUT2D eigenvalue weighted by Crippen LogP contribution is 2.67. The predicted molar refractivity (Wildman–Crippen MR) is 65.3 cm³/mol. The van der Waals surface area contributed by atoms with Gasteiger partial charge in [0.25, 0.3) is 0 Å². The third-order valence-corrected chi connectivity index (χ3v) is 4.17. The summed E-state index contributed by atoms with van der Waals surface area (Å²) in [6.45, 7) is 15.3. The standard InChI is InChI=1S/C13H25NO2/c1-11(2,3)16-10(15)14-8-9-12(4,5)13(9,6)7/h9H,8H2,1-7H3,(H,14,15). The molecule has 0 unspecified atom stereocenters. The first kappa shape index (κ1) is 13.3. The number of rotatable bonds is 2. The minimum absolute atomic E-state index is 0.308. The normalized spacial score (nSPS) is 22.7. The van der Waals surface area contributed by atoms with Crippen LogP contribution in [0.2, 0.25) is 0 Å². The Morgan fingerprint density at radius 1 is 1.19 bits per heavy atom. The van der Waals surface area contributed by atoms with Gasteiger partial charge in [-0.1, -0.05) is 27.7 Å². The van der Waals surface area contributed by atoms with Crippen LogP contribution in [0, 0.1) is 16.7 Å².